The zero-order valence-corrected chi connectivity index (χ0v) is 9.88. The normalized spacial score (nSPS) is 27.7. The fourth-order valence-electron chi connectivity index (χ4n) is 1.99. The summed E-state index contributed by atoms with van der Waals surface area (Å²) in [7, 11) is 1.66. The first-order chi connectivity index (χ1) is 7.19. The predicted molar refractivity (Wildman–Crippen MR) is 59.7 cm³/mol. The van der Waals surface area contributed by atoms with Gasteiger partial charge in [-0.1, -0.05) is 6.92 Å². The molecular weight excluding hydrogens is 192 g/mol. The fraction of sp³-hybridized carbons (Fsp3) is 0.909. The van der Waals surface area contributed by atoms with Gasteiger partial charge in [0.1, 0.15) is 0 Å². The molecule has 0 aliphatic carbocycles. The van der Waals surface area contributed by atoms with Crippen LogP contribution in [0.4, 0.5) is 0 Å². The van der Waals surface area contributed by atoms with E-state index in [9.17, 15) is 4.79 Å². The molecule has 0 spiro atoms. The van der Waals surface area contributed by atoms with Gasteiger partial charge < -0.3 is 15.4 Å². The minimum Gasteiger partial charge on any atom is -0.383 e. The van der Waals surface area contributed by atoms with Crippen LogP contribution in [-0.4, -0.2) is 38.3 Å². The molecule has 1 heterocycles. The Labute approximate surface area is 91.8 Å². The highest BCUT2D eigenvalue weighted by atomic mass is 16.5. The van der Waals surface area contributed by atoms with Crippen molar-refractivity contribution in [3.63, 3.8) is 0 Å². The third kappa shape index (κ3) is 3.47. The number of amides is 1. The van der Waals surface area contributed by atoms with E-state index in [-0.39, 0.29) is 17.9 Å². The molecule has 0 aromatic heterocycles. The first-order valence-electron chi connectivity index (χ1n) is 5.71. The van der Waals surface area contributed by atoms with Crippen LogP contribution in [-0.2, 0) is 9.53 Å². The number of hydrogen-bond acceptors (Lipinski definition) is 3. The third-order valence-corrected chi connectivity index (χ3v) is 3.07. The van der Waals surface area contributed by atoms with E-state index in [1.54, 1.807) is 7.11 Å². The van der Waals surface area contributed by atoms with Gasteiger partial charge in [0.05, 0.1) is 18.6 Å². The van der Waals surface area contributed by atoms with Crippen molar-refractivity contribution in [3.05, 3.63) is 0 Å². The minimum atomic E-state index is 0.121. The molecule has 0 aromatic rings. The van der Waals surface area contributed by atoms with Crippen LogP contribution >= 0.6 is 0 Å². The maximum atomic E-state index is 11.9. The first kappa shape index (κ1) is 12.5. The molecule has 3 atom stereocenters. The average Bonchev–Trinajstić information content (AvgIpc) is 2.63. The quantitative estimate of drug-likeness (QED) is 0.701. The van der Waals surface area contributed by atoms with E-state index < -0.39 is 0 Å². The number of methoxy groups -OCH3 is 1. The van der Waals surface area contributed by atoms with Gasteiger partial charge in [-0.05, 0) is 26.3 Å². The zero-order chi connectivity index (χ0) is 11.3. The fourth-order valence-corrected chi connectivity index (χ4v) is 1.99. The summed E-state index contributed by atoms with van der Waals surface area (Å²) >= 11 is 0. The van der Waals surface area contributed by atoms with E-state index in [1.165, 1.54) is 0 Å². The summed E-state index contributed by atoms with van der Waals surface area (Å²) < 4.78 is 5.05. The number of carbonyl (C=O) groups is 1. The Bertz CT molecular complexity index is 209. The molecule has 0 radical (unpaired) electrons. The van der Waals surface area contributed by atoms with Crippen LogP contribution in [0.1, 0.15) is 26.7 Å². The summed E-state index contributed by atoms with van der Waals surface area (Å²) in [4.78, 5) is 11.9. The lowest BCUT2D eigenvalue weighted by molar-refractivity contribution is -0.126. The van der Waals surface area contributed by atoms with Gasteiger partial charge in [0, 0.05) is 13.2 Å². The summed E-state index contributed by atoms with van der Waals surface area (Å²) in [6, 6.07) is 0.445. The van der Waals surface area contributed by atoms with Crippen molar-refractivity contribution in [2.75, 3.05) is 20.3 Å². The predicted octanol–water partition coefficient (Wildman–Crippen LogP) is 0.526. The molecule has 4 heteroatoms. The lowest BCUT2D eigenvalue weighted by atomic mass is 10.0. The molecule has 1 aliphatic heterocycles. The summed E-state index contributed by atoms with van der Waals surface area (Å²) in [5.41, 5.74) is 0. The number of carbonyl (C=O) groups excluding carboxylic acids is 1. The topological polar surface area (TPSA) is 50.4 Å². The van der Waals surface area contributed by atoms with Gasteiger partial charge in [-0.25, -0.2) is 0 Å². The lowest BCUT2D eigenvalue weighted by Gasteiger charge is -2.20. The Balaban J connectivity index is 2.39. The number of nitrogens with one attached hydrogen (secondary N) is 2. The maximum Gasteiger partial charge on any atom is 0.225 e. The van der Waals surface area contributed by atoms with Gasteiger partial charge in [0.15, 0.2) is 0 Å². The molecule has 2 N–H and O–H groups in total. The van der Waals surface area contributed by atoms with Crippen molar-refractivity contribution in [2.24, 2.45) is 5.92 Å². The number of ether oxygens (including phenoxy) is 1. The van der Waals surface area contributed by atoms with E-state index in [1.807, 2.05) is 0 Å². The monoisotopic (exact) mass is 214 g/mol. The van der Waals surface area contributed by atoms with Crippen LogP contribution in [0.2, 0.25) is 0 Å². The lowest BCUT2D eigenvalue weighted by Crippen LogP contribution is -2.43. The number of rotatable bonds is 5. The second-order valence-electron chi connectivity index (χ2n) is 4.21. The Morgan fingerprint density at radius 2 is 2.40 bits per heavy atom. The van der Waals surface area contributed by atoms with Crippen LogP contribution in [0, 0.1) is 5.92 Å². The molecule has 1 fully saturated rings. The van der Waals surface area contributed by atoms with Gasteiger partial charge in [0.25, 0.3) is 0 Å². The molecule has 1 rings (SSSR count). The van der Waals surface area contributed by atoms with Gasteiger partial charge >= 0.3 is 0 Å². The van der Waals surface area contributed by atoms with Crippen molar-refractivity contribution in [2.45, 2.75) is 38.8 Å². The molecule has 1 aliphatic rings. The van der Waals surface area contributed by atoms with Crippen LogP contribution < -0.4 is 10.6 Å². The molecule has 3 unspecified atom stereocenters. The molecule has 4 nitrogen and oxygen atoms in total. The summed E-state index contributed by atoms with van der Waals surface area (Å²) in [6.07, 6.45) is 1.85. The summed E-state index contributed by atoms with van der Waals surface area (Å²) in [5, 5.41) is 6.32. The van der Waals surface area contributed by atoms with Gasteiger partial charge in [-0.2, -0.15) is 0 Å². The highest BCUT2D eigenvalue weighted by Crippen LogP contribution is 2.15. The average molecular weight is 214 g/mol. The maximum absolute atomic E-state index is 11.9. The van der Waals surface area contributed by atoms with E-state index in [2.05, 4.69) is 24.5 Å². The van der Waals surface area contributed by atoms with Crippen molar-refractivity contribution >= 4 is 5.91 Å². The smallest absolute Gasteiger partial charge is 0.225 e. The molecule has 1 amide bonds. The zero-order valence-electron chi connectivity index (χ0n) is 9.88. The SMILES string of the molecule is CCC(COC)NC(=O)C1CCNC1C. The van der Waals surface area contributed by atoms with Crippen LogP contribution in [0.3, 0.4) is 0 Å². The van der Waals surface area contributed by atoms with Gasteiger partial charge in [-0.3, -0.25) is 4.79 Å². The Morgan fingerprint density at radius 1 is 1.67 bits per heavy atom. The number of hydrogen-bond donors (Lipinski definition) is 2. The summed E-state index contributed by atoms with van der Waals surface area (Å²) in [5.74, 6) is 0.285. The molecular formula is C11H22N2O2. The molecule has 0 bridgehead atoms. The highest BCUT2D eigenvalue weighted by Gasteiger charge is 2.30. The standard InChI is InChI=1S/C11H22N2O2/c1-4-9(7-15-3)13-11(14)10-5-6-12-8(10)2/h8-10,12H,4-7H2,1-3H3,(H,13,14). The van der Waals surface area contributed by atoms with Gasteiger partial charge in [-0.15, -0.1) is 0 Å². The van der Waals surface area contributed by atoms with E-state index >= 15 is 0 Å². The van der Waals surface area contributed by atoms with E-state index in [0.717, 1.165) is 19.4 Å². The second kappa shape index (κ2) is 6.08. The summed E-state index contributed by atoms with van der Waals surface area (Å²) in [6.45, 7) is 5.66. The van der Waals surface area contributed by atoms with Crippen LogP contribution in [0.15, 0.2) is 0 Å². The largest absolute Gasteiger partial charge is 0.383 e. The molecule has 15 heavy (non-hydrogen) atoms. The molecule has 0 aromatic carbocycles. The molecule has 0 saturated carbocycles. The Kier molecular flexibility index (Phi) is 5.05. The van der Waals surface area contributed by atoms with Crippen LogP contribution in [0.25, 0.3) is 0 Å². The second-order valence-corrected chi connectivity index (χ2v) is 4.21. The Morgan fingerprint density at radius 3 is 2.87 bits per heavy atom. The highest BCUT2D eigenvalue weighted by molar-refractivity contribution is 5.80. The molecule has 88 valence electrons. The van der Waals surface area contributed by atoms with Gasteiger partial charge in [0.2, 0.25) is 5.91 Å². The van der Waals surface area contributed by atoms with Crippen molar-refractivity contribution in [1.29, 1.82) is 0 Å². The van der Waals surface area contributed by atoms with Crippen molar-refractivity contribution in [1.82, 2.24) is 10.6 Å². The first-order valence-corrected chi connectivity index (χ1v) is 5.71. The van der Waals surface area contributed by atoms with E-state index in [4.69, 9.17) is 4.74 Å². The minimum absolute atomic E-state index is 0.121. The van der Waals surface area contributed by atoms with Crippen molar-refractivity contribution < 1.29 is 9.53 Å². The van der Waals surface area contributed by atoms with Crippen LogP contribution in [0.5, 0.6) is 0 Å². The molecule has 1 saturated heterocycles. The van der Waals surface area contributed by atoms with E-state index in [0.29, 0.717) is 12.6 Å². The Hall–Kier alpha value is -0.610. The third-order valence-electron chi connectivity index (χ3n) is 3.07. The van der Waals surface area contributed by atoms with Crippen molar-refractivity contribution in [3.8, 4) is 0 Å².